The summed E-state index contributed by atoms with van der Waals surface area (Å²) in [7, 11) is -4.42. The molecule has 1 N–H and O–H groups in total. The highest BCUT2D eigenvalue weighted by atomic mass is 35.5. The first-order valence-electron chi connectivity index (χ1n) is 7.16. The highest BCUT2D eigenvalue weighted by molar-refractivity contribution is 7.93. The largest absolute Gasteiger partial charge is 0.416 e. The molecule has 0 radical (unpaired) electrons. The van der Waals surface area contributed by atoms with Crippen molar-refractivity contribution in [1.82, 2.24) is 0 Å². The van der Waals surface area contributed by atoms with Crippen LogP contribution in [0.2, 0.25) is 5.02 Å². The standard InChI is InChI=1S/C16H15ClF3NO3S/c1-11(22)10-21(13-5-3-2-4-6-13)25(23,24)15-9-12(16(18,19)20)7-8-14(15)17/h2-9,11,22H,10H2,1H3. The molecule has 0 saturated heterocycles. The summed E-state index contributed by atoms with van der Waals surface area (Å²) < 4.78 is 65.5. The Morgan fingerprint density at radius 1 is 1.16 bits per heavy atom. The predicted molar refractivity (Wildman–Crippen MR) is 89.1 cm³/mol. The molecule has 2 rings (SSSR count). The molecule has 136 valence electrons. The van der Waals surface area contributed by atoms with E-state index in [0.29, 0.717) is 12.1 Å². The van der Waals surface area contributed by atoms with Gasteiger partial charge in [-0.15, -0.1) is 0 Å². The van der Waals surface area contributed by atoms with Crippen LogP contribution in [-0.2, 0) is 16.2 Å². The Balaban J connectivity index is 2.61. The third kappa shape index (κ3) is 4.45. The summed E-state index contributed by atoms with van der Waals surface area (Å²) in [6.07, 6.45) is -5.75. The number of hydrogen-bond donors (Lipinski definition) is 1. The Hall–Kier alpha value is -1.77. The molecule has 0 aromatic heterocycles. The fraction of sp³-hybridized carbons (Fsp3) is 0.250. The second kappa shape index (κ2) is 7.23. The smallest absolute Gasteiger partial charge is 0.392 e. The summed E-state index contributed by atoms with van der Waals surface area (Å²) >= 11 is 5.86. The molecule has 0 aliphatic rings. The van der Waals surface area contributed by atoms with Gasteiger partial charge in [-0.2, -0.15) is 13.2 Å². The number of sulfonamides is 1. The van der Waals surface area contributed by atoms with Gasteiger partial charge in [0.15, 0.2) is 0 Å². The monoisotopic (exact) mass is 393 g/mol. The van der Waals surface area contributed by atoms with E-state index in [1.54, 1.807) is 18.2 Å². The summed E-state index contributed by atoms with van der Waals surface area (Å²) in [5, 5.41) is 9.29. The topological polar surface area (TPSA) is 57.6 Å². The fourth-order valence-corrected chi connectivity index (χ4v) is 4.22. The van der Waals surface area contributed by atoms with Crippen molar-refractivity contribution in [2.24, 2.45) is 0 Å². The number of hydrogen-bond acceptors (Lipinski definition) is 3. The number of nitrogens with zero attached hydrogens (tertiary/aromatic N) is 1. The van der Waals surface area contributed by atoms with Gasteiger partial charge in [-0.3, -0.25) is 4.31 Å². The van der Waals surface area contributed by atoms with Crippen LogP contribution in [0.15, 0.2) is 53.4 Å². The SMILES string of the molecule is CC(O)CN(c1ccccc1)S(=O)(=O)c1cc(C(F)(F)F)ccc1Cl. The van der Waals surface area contributed by atoms with Gasteiger partial charge in [-0.05, 0) is 37.3 Å². The summed E-state index contributed by atoms with van der Waals surface area (Å²) in [5.74, 6) is 0. The zero-order chi connectivity index (χ0) is 18.8. The van der Waals surface area contributed by atoms with Crippen molar-refractivity contribution in [1.29, 1.82) is 0 Å². The second-order valence-corrected chi connectivity index (χ2v) is 7.60. The van der Waals surface area contributed by atoms with Crippen molar-refractivity contribution in [2.75, 3.05) is 10.8 Å². The summed E-state index contributed by atoms with van der Waals surface area (Å²) in [6.45, 7) is 1.04. The van der Waals surface area contributed by atoms with Gasteiger partial charge in [0.05, 0.1) is 28.9 Å². The number of rotatable bonds is 5. The Kier molecular flexibility index (Phi) is 5.65. The van der Waals surface area contributed by atoms with E-state index in [-0.39, 0.29) is 17.3 Å². The van der Waals surface area contributed by atoms with Gasteiger partial charge in [-0.1, -0.05) is 29.8 Å². The Morgan fingerprint density at radius 2 is 1.76 bits per heavy atom. The van der Waals surface area contributed by atoms with E-state index in [9.17, 15) is 26.7 Å². The average Bonchev–Trinajstić information content (AvgIpc) is 2.52. The number of aliphatic hydroxyl groups excluding tert-OH is 1. The van der Waals surface area contributed by atoms with Crippen LogP contribution in [0.1, 0.15) is 12.5 Å². The van der Waals surface area contributed by atoms with Crippen molar-refractivity contribution in [3.05, 3.63) is 59.1 Å². The maximum atomic E-state index is 12.9. The lowest BCUT2D eigenvalue weighted by atomic mass is 10.2. The molecule has 1 unspecified atom stereocenters. The van der Waals surface area contributed by atoms with Crippen molar-refractivity contribution < 1.29 is 26.7 Å². The molecule has 2 aromatic carbocycles. The quantitative estimate of drug-likeness (QED) is 0.837. The lowest BCUT2D eigenvalue weighted by Gasteiger charge is -2.26. The summed E-state index contributed by atoms with van der Waals surface area (Å²) in [6, 6.07) is 9.86. The van der Waals surface area contributed by atoms with E-state index in [1.807, 2.05) is 0 Å². The zero-order valence-corrected chi connectivity index (χ0v) is 14.6. The lowest BCUT2D eigenvalue weighted by molar-refractivity contribution is -0.137. The van der Waals surface area contributed by atoms with Crippen LogP contribution >= 0.6 is 11.6 Å². The maximum Gasteiger partial charge on any atom is 0.416 e. The van der Waals surface area contributed by atoms with Crippen LogP contribution in [0.25, 0.3) is 0 Å². The molecule has 0 heterocycles. The van der Waals surface area contributed by atoms with Gasteiger partial charge < -0.3 is 5.11 Å². The van der Waals surface area contributed by atoms with Gasteiger partial charge in [-0.25, -0.2) is 8.42 Å². The third-order valence-corrected chi connectivity index (χ3v) is 5.58. The first kappa shape index (κ1) is 19.6. The van der Waals surface area contributed by atoms with Crippen molar-refractivity contribution in [3.63, 3.8) is 0 Å². The Morgan fingerprint density at radius 3 is 2.28 bits per heavy atom. The van der Waals surface area contributed by atoms with Crippen molar-refractivity contribution >= 4 is 27.3 Å². The number of alkyl halides is 3. The van der Waals surface area contributed by atoms with Gasteiger partial charge in [0.2, 0.25) is 0 Å². The van der Waals surface area contributed by atoms with Crippen LogP contribution in [0, 0.1) is 0 Å². The first-order valence-corrected chi connectivity index (χ1v) is 8.98. The first-order chi connectivity index (χ1) is 11.5. The molecule has 2 aromatic rings. The lowest BCUT2D eigenvalue weighted by Crippen LogP contribution is -2.37. The molecular weight excluding hydrogens is 379 g/mol. The van der Waals surface area contributed by atoms with E-state index < -0.39 is 32.8 Å². The van der Waals surface area contributed by atoms with E-state index in [0.717, 1.165) is 10.4 Å². The molecular formula is C16H15ClF3NO3S. The van der Waals surface area contributed by atoms with E-state index >= 15 is 0 Å². The number of anilines is 1. The summed E-state index contributed by atoms with van der Waals surface area (Å²) in [4.78, 5) is -0.673. The molecule has 1 atom stereocenters. The Labute approximate surface area is 148 Å². The maximum absolute atomic E-state index is 12.9. The molecule has 0 amide bonds. The zero-order valence-electron chi connectivity index (χ0n) is 13.0. The van der Waals surface area contributed by atoms with Crippen LogP contribution in [0.3, 0.4) is 0 Å². The summed E-state index contributed by atoms with van der Waals surface area (Å²) in [5.41, 5.74) is -0.919. The molecule has 25 heavy (non-hydrogen) atoms. The molecule has 0 bridgehead atoms. The van der Waals surface area contributed by atoms with Crippen molar-refractivity contribution in [2.45, 2.75) is 24.1 Å². The van der Waals surface area contributed by atoms with Crippen LogP contribution in [0.5, 0.6) is 0 Å². The highest BCUT2D eigenvalue weighted by Gasteiger charge is 2.34. The van der Waals surface area contributed by atoms with Crippen LogP contribution < -0.4 is 4.31 Å². The number of aliphatic hydroxyl groups is 1. The van der Waals surface area contributed by atoms with Gasteiger partial charge >= 0.3 is 6.18 Å². The van der Waals surface area contributed by atoms with Crippen molar-refractivity contribution in [3.8, 4) is 0 Å². The van der Waals surface area contributed by atoms with E-state index in [4.69, 9.17) is 11.6 Å². The van der Waals surface area contributed by atoms with Gasteiger partial charge in [0.25, 0.3) is 10.0 Å². The van der Waals surface area contributed by atoms with Gasteiger partial charge in [0, 0.05) is 0 Å². The third-order valence-electron chi connectivity index (χ3n) is 3.30. The molecule has 0 saturated carbocycles. The number of benzene rings is 2. The normalized spacial score (nSPS) is 13.5. The molecule has 0 fully saturated rings. The molecule has 9 heteroatoms. The average molecular weight is 394 g/mol. The number of para-hydroxylation sites is 1. The molecule has 0 aliphatic heterocycles. The number of halogens is 4. The highest BCUT2D eigenvalue weighted by Crippen LogP contribution is 2.35. The Bertz CT molecular complexity index is 839. The van der Waals surface area contributed by atoms with E-state index in [1.165, 1.54) is 19.1 Å². The van der Waals surface area contributed by atoms with Crippen LogP contribution in [-0.4, -0.2) is 26.2 Å². The second-order valence-electron chi connectivity index (χ2n) is 5.36. The molecule has 0 spiro atoms. The fourth-order valence-electron chi connectivity index (χ4n) is 2.17. The van der Waals surface area contributed by atoms with E-state index in [2.05, 4.69) is 0 Å². The minimum absolute atomic E-state index is 0.205. The predicted octanol–water partition coefficient (Wildman–Crippen LogP) is 3.93. The molecule has 4 nitrogen and oxygen atoms in total. The van der Waals surface area contributed by atoms with Crippen LogP contribution in [0.4, 0.5) is 18.9 Å². The minimum Gasteiger partial charge on any atom is -0.392 e. The molecule has 0 aliphatic carbocycles. The van der Waals surface area contributed by atoms with Gasteiger partial charge in [0.1, 0.15) is 4.90 Å². The minimum atomic E-state index is -4.71.